The summed E-state index contributed by atoms with van der Waals surface area (Å²) in [5, 5.41) is 34.5. The van der Waals surface area contributed by atoms with Crippen LogP contribution in [0.3, 0.4) is 0 Å². The fraction of sp³-hybridized carbons (Fsp3) is 0.0833. The largest absolute Gasteiger partial charge is 0.493 e. The number of benzene rings is 3. The highest BCUT2D eigenvalue weighted by Crippen LogP contribution is 2.43. The van der Waals surface area contributed by atoms with Crippen LogP contribution in [0.5, 0.6) is 17.2 Å². The molecule has 1 amide bonds. The van der Waals surface area contributed by atoms with Gasteiger partial charge in [0.05, 0.1) is 28.0 Å². The molecule has 36 heavy (non-hydrogen) atoms. The number of ether oxygens (including phenoxy) is 2. The van der Waals surface area contributed by atoms with Gasteiger partial charge in [-0.3, -0.25) is 25.0 Å². The minimum absolute atomic E-state index is 0.0396. The summed E-state index contributed by atoms with van der Waals surface area (Å²) in [5.41, 5.74) is 0.417. The summed E-state index contributed by atoms with van der Waals surface area (Å²) in [5.74, 6) is -1.00. The Bertz CT molecular complexity index is 1450. The zero-order chi connectivity index (χ0) is 26.4. The van der Waals surface area contributed by atoms with E-state index in [1.54, 1.807) is 18.2 Å². The molecule has 0 radical (unpaired) electrons. The Morgan fingerprint density at radius 2 is 1.83 bits per heavy atom. The van der Waals surface area contributed by atoms with E-state index in [0.717, 1.165) is 23.8 Å². The molecule has 0 unspecified atom stereocenters. The van der Waals surface area contributed by atoms with Gasteiger partial charge in [0, 0.05) is 11.8 Å². The Morgan fingerprint density at radius 1 is 1.08 bits per heavy atom. The van der Waals surface area contributed by atoms with E-state index in [1.165, 1.54) is 25.3 Å². The van der Waals surface area contributed by atoms with Gasteiger partial charge >= 0.3 is 5.69 Å². The molecule has 0 aliphatic carbocycles. The van der Waals surface area contributed by atoms with Gasteiger partial charge in [0.2, 0.25) is 5.75 Å². The van der Waals surface area contributed by atoms with Crippen LogP contribution in [0.1, 0.15) is 11.1 Å². The Kier molecular flexibility index (Phi) is 7.83. The van der Waals surface area contributed by atoms with Gasteiger partial charge in [-0.2, -0.15) is 5.26 Å². The highest BCUT2D eigenvalue weighted by Gasteiger charge is 2.23. The number of nitriles is 1. The van der Waals surface area contributed by atoms with E-state index in [0.29, 0.717) is 11.3 Å². The van der Waals surface area contributed by atoms with Crippen molar-refractivity contribution in [3.8, 4) is 23.3 Å². The molecule has 3 rings (SSSR count). The SMILES string of the molecule is COc1cc(/C=C(\C#N)C(=O)Nc2cccc(C)c2)cc(Cl)c1Oc1ccc([N+](=O)[O-])cc1[N+](=O)[O-]. The molecule has 3 aromatic carbocycles. The van der Waals surface area contributed by atoms with Gasteiger partial charge in [0.1, 0.15) is 11.6 Å². The monoisotopic (exact) mass is 508 g/mol. The standard InChI is InChI=1S/C24H17ClN4O7/c1-14-4-3-5-17(8-14)27-24(30)16(13-26)9-15-10-19(25)23(22(11-15)35-2)36-21-7-6-18(28(31)32)12-20(21)29(33)34/h3-12H,1-2H3,(H,27,30)/b16-9+. The Morgan fingerprint density at radius 3 is 2.44 bits per heavy atom. The van der Waals surface area contributed by atoms with Crippen molar-refractivity contribution in [2.45, 2.75) is 6.92 Å². The minimum Gasteiger partial charge on any atom is -0.493 e. The van der Waals surface area contributed by atoms with E-state index in [2.05, 4.69) is 5.32 Å². The number of carbonyl (C=O) groups excluding carboxylic acids is 1. The number of anilines is 1. The minimum atomic E-state index is -0.828. The fourth-order valence-electron chi connectivity index (χ4n) is 3.12. The normalized spacial score (nSPS) is 10.8. The fourth-order valence-corrected chi connectivity index (χ4v) is 3.37. The quantitative estimate of drug-likeness (QED) is 0.173. The van der Waals surface area contributed by atoms with Gasteiger partial charge in [-0.15, -0.1) is 0 Å². The van der Waals surface area contributed by atoms with Crippen molar-refractivity contribution in [2.24, 2.45) is 0 Å². The van der Waals surface area contributed by atoms with Crippen molar-refractivity contribution in [1.82, 2.24) is 0 Å². The molecule has 0 aliphatic rings. The molecule has 0 aromatic heterocycles. The summed E-state index contributed by atoms with van der Waals surface area (Å²) >= 11 is 6.33. The van der Waals surface area contributed by atoms with Crippen LogP contribution in [0.15, 0.2) is 60.2 Å². The van der Waals surface area contributed by atoms with E-state index in [1.807, 2.05) is 19.1 Å². The lowest BCUT2D eigenvalue weighted by Crippen LogP contribution is -2.13. The third-order valence-corrected chi connectivity index (χ3v) is 5.05. The maximum absolute atomic E-state index is 12.6. The second-order valence-electron chi connectivity index (χ2n) is 7.30. The Labute approximate surface area is 209 Å². The van der Waals surface area contributed by atoms with Crippen LogP contribution in [0.25, 0.3) is 6.08 Å². The van der Waals surface area contributed by atoms with Crippen molar-refractivity contribution in [3.63, 3.8) is 0 Å². The first-order valence-corrected chi connectivity index (χ1v) is 10.5. The van der Waals surface area contributed by atoms with Crippen LogP contribution < -0.4 is 14.8 Å². The number of non-ortho nitro benzene ring substituents is 1. The lowest BCUT2D eigenvalue weighted by Gasteiger charge is -2.13. The number of nitrogens with zero attached hydrogens (tertiary/aromatic N) is 3. The number of aryl methyl sites for hydroxylation is 1. The number of rotatable bonds is 8. The highest BCUT2D eigenvalue weighted by atomic mass is 35.5. The van der Waals surface area contributed by atoms with Crippen LogP contribution in [0.2, 0.25) is 5.02 Å². The zero-order valence-electron chi connectivity index (χ0n) is 18.9. The smallest absolute Gasteiger partial charge is 0.318 e. The second-order valence-corrected chi connectivity index (χ2v) is 7.70. The van der Waals surface area contributed by atoms with Crippen molar-refractivity contribution in [1.29, 1.82) is 5.26 Å². The van der Waals surface area contributed by atoms with E-state index in [9.17, 15) is 30.3 Å². The van der Waals surface area contributed by atoms with Crippen molar-refractivity contribution < 1.29 is 24.1 Å². The molecule has 182 valence electrons. The molecule has 0 heterocycles. The van der Waals surface area contributed by atoms with Crippen molar-refractivity contribution >= 4 is 40.6 Å². The highest BCUT2D eigenvalue weighted by molar-refractivity contribution is 6.32. The zero-order valence-corrected chi connectivity index (χ0v) is 19.6. The van der Waals surface area contributed by atoms with Gasteiger partial charge in [0.25, 0.3) is 11.6 Å². The number of hydrogen-bond donors (Lipinski definition) is 1. The van der Waals surface area contributed by atoms with E-state index in [4.69, 9.17) is 21.1 Å². The number of amides is 1. The number of nitro benzene ring substituents is 2. The van der Waals surface area contributed by atoms with Gasteiger partial charge < -0.3 is 14.8 Å². The van der Waals surface area contributed by atoms with E-state index >= 15 is 0 Å². The maximum Gasteiger partial charge on any atom is 0.318 e. The van der Waals surface area contributed by atoms with E-state index < -0.39 is 27.1 Å². The van der Waals surface area contributed by atoms with Crippen molar-refractivity contribution in [3.05, 3.63) is 96.5 Å². The molecule has 0 spiro atoms. The van der Waals surface area contributed by atoms with Crippen LogP contribution >= 0.6 is 11.6 Å². The van der Waals surface area contributed by atoms with Gasteiger partial charge in [0.15, 0.2) is 11.5 Å². The Hall–Kier alpha value is -4.95. The van der Waals surface area contributed by atoms with Crippen LogP contribution in [0.4, 0.5) is 17.1 Å². The maximum atomic E-state index is 12.6. The number of nitro groups is 2. The van der Waals surface area contributed by atoms with E-state index in [-0.39, 0.29) is 27.8 Å². The third-order valence-electron chi connectivity index (χ3n) is 4.77. The molecule has 0 saturated carbocycles. The first-order chi connectivity index (χ1) is 17.1. The molecule has 11 nitrogen and oxygen atoms in total. The molecule has 1 N–H and O–H groups in total. The lowest BCUT2D eigenvalue weighted by molar-refractivity contribution is -0.394. The van der Waals surface area contributed by atoms with Crippen molar-refractivity contribution in [2.75, 3.05) is 12.4 Å². The van der Waals surface area contributed by atoms with Crippen LogP contribution in [-0.4, -0.2) is 22.9 Å². The Balaban J connectivity index is 1.95. The summed E-state index contributed by atoms with van der Waals surface area (Å²) in [4.78, 5) is 33.4. The number of carbonyl (C=O) groups is 1. The molecule has 12 heteroatoms. The van der Waals surface area contributed by atoms with Gasteiger partial charge in [-0.25, -0.2) is 0 Å². The summed E-state index contributed by atoms with van der Waals surface area (Å²) in [7, 11) is 1.30. The third kappa shape index (κ3) is 5.94. The topological polar surface area (TPSA) is 158 Å². The first kappa shape index (κ1) is 25.7. The summed E-state index contributed by atoms with van der Waals surface area (Å²) in [6.45, 7) is 1.86. The average molecular weight is 509 g/mol. The number of methoxy groups -OCH3 is 1. The number of halogens is 1. The molecule has 0 fully saturated rings. The lowest BCUT2D eigenvalue weighted by atomic mass is 10.1. The number of nitrogens with one attached hydrogen (secondary N) is 1. The molecule has 3 aromatic rings. The summed E-state index contributed by atoms with van der Waals surface area (Å²) < 4.78 is 10.9. The molecule has 0 atom stereocenters. The van der Waals surface area contributed by atoms with Gasteiger partial charge in [-0.05, 0) is 54.5 Å². The molecule has 0 aliphatic heterocycles. The molecular formula is C24H17ClN4O7. The average Bonchev–Trinajstić information content (AvgIpc) is 2.83. The predicted molar refractivity (Wildman–Crippen MR) is 131 cm³/mol. The second kappa shape index (κ2) is 11.0. The van der Waals surface area contributed by atoms with Crippen LogP contribution in [0, 0.1) is 38.5 Å². The summed E-state index contributed by atoms with van der Waals surface area (Å²) in [6, 6.07) is 14.6. The van der Waals surface area contributed by atoms with Gasteiger partial charge in [-0.1, -0.05) is 23.7 Å². The molecular weight excluding hydrogens is 492 g/mol. The number of hydrogen-bond acceptors (Lipinski definition) is 8. The molecule has 0 saturated heterocycles. The summed E-state index contributed by atoms with van der Waals surface area (Å²) in [6.07, 6.45) is 1.29. The molecule has 0 bridgehead atoms. The first-order valence-electron chi connectivity index (χ1n) is 10.1. The predicted octanol–water partition coefficient (Wildman–Crippen LogP) is 5.81. The van der Waals surface area contributed by atoms with Crippen LogP contribution in [-0.2, 0) is 4.79 Å².